The van der Waals surface area contributed by atoms with Crippen molar-refractivity contribution in [3.05, 3.63) is 77.7 Å². The Morgan fingerprint density at radius 2 is 1.79 bits per heavy atom. The van der Waals surface area contributed by atoms with Crippen LogP contribution in [0.2, 0.25) is 0 Å². The first-order valence-electron chi connectivity index (χ1n) is 10.7. The van der Waals surface area contributed by atoms with E-state index < -0.39 is 0 Å². The van der Waals surface area contributed by atoms with E-state index in [-0.39, 0.29) is 11.8 Å². The molecular formula is C24H23N5O4. The van der Waals surface area contributed by atoms with Crippen molar-refractivity contribution in [2.75, 3.05) is 36.5 Å². The van der Waals surface area contributed by atoms with Gasteiger partial charge in [0.15, 0.2) is 5.82 Å². The lowest BCUT2D eigenvalue weighted by atomic mass is 10.1. The molecule has 0 saturated carbocycles. The smallest absolute Gasteiger partial charge is 0.256 e. The van der Waals surface area contributed by atoms with Gasteiger partial charge in [-0.05, 0) is 54.6 Å². The Balaban J connectivity index is 1.28. The highest BCUT2D eigenvalue weighted by molar-refractivity contribution is 6.09. The molecule has 1 fully saturated rings. The second kappa shape index (κ2) is 9.17. The van der Waals surface area contributed by atoms with Crippen molar-refractivity contribution in [2.45, 2.75) is 6.54 Å². The molecule has 4 aromatic rings. The maximum Gasteiger partial charge on any atom is 0.256 e. The summed E-state index contributed by atoms with van der Waals surface area (Å²) in [4.78, 5) is 27.6. The topological polar surface area (TPSA) is 112 Å². The molecule has 3 N–H and O–H groups in total. The minimum Gasteiger partial charge on any atom is -0.467 e. The number of morpholine rings is 1. The Labute approximate surface area is 189 Å². The van der Waals surface area contributed by atoms with Crippen LogP contribution in [0.15, 0.2) is 65.3 Å². The number of nitrogens with zero attached hydrogens (tertiary/aromatic N) is 2. The molecule has 0 bridgehead atoms. The zero-order valence-electron chi connectivity index (χ0n) is 17.8. The number of hydrogen-bond donors (Lipinski definition) is 3. The zero-order chi connectivity index (χ0) is 22.6. The first-order valence-corrected chi connectivity index (χ1v) is 10.7. The van der Waals surface area contributed by atoms with E-state index in [9.17, 15) is 9.59 Å². The van der Waals surface area contributed by atoms with E-state index in [0.29, 0.717) is 47.8 Å². The van der Waals surface area contributed by atoms with Gasteiger partial charge >= 0.3 is 0 Å². The number of hydrogen-bond acceptors (Lipinski definition) is 6. The summed E-state index contributed by atoms with van der Waals surface area (Å²) in [7, 11) is 0. The third-order valence-electron chi connectivity index (χ3n) is 5.57. The Hall–Kier alpha value is -4.11. The predicted octanol–water partition coefficient (Wildman–Crippen LogP) is 3.17. The number of anilines is 2. The highest BCUT2D eigenvalue weighted by Crippen LogP contribution is 2.23. The molecule has 2 aromatic heterocycles. The van der Waals surface area contributed by atoms with Gasteiger partial charge in [-0.3, -0.25) is 14.7 Å². The number of furan rings is 1. The van der Waals surface area contributed by atoms with Crippen molar-refractivity contribution in [3.63, 3.8) is 0 Å². The molecular weight excluding hydrogens is 422 g/mol. The van der Waals surface area contributed by atoms with E-state index in [2.05, 4.69) is 25.7 Å². The lowest BCUT2D eigenvalue weighted by Gasteiger charge is -2.28. The average molecular weight is 445 g/mol. The summed E-state index contributed by atoms with van der Waals surface area (Å²) in [6.45, 7) is 3.37. The first kappa shape index (κ1) is 20.8. The number of carbonyl (C=O) groups excluding carboxylic acids is 2. The number of rotatable bonds is 6. The van der Waals surface area contributed by atoms with Gasteiger partial charge in [0.25, 0.3) is 11.8 Å². The van der Waals surface area contributed by atoms with E-state index in [1.807, 2.05) is 12.1 Å². The van der Waals surface area contributed by atoms with Crippen molar-refractivity contribution in [2.24, 2.45) is 0 Å². The number of nitrogens with one attached hydrogen (secondary N) is 3. The van der Waals surface area contributed by atoms with Crippen LogP contribution in [0, 0.1) is 0 Å². The summed E-state index contributed by atoms with van der Waals surface area (Å²) < 4.78 is 10.6. The molecule has 5 rings (SSSR count). The number of H-pyrrole nitrogens is 1. The van der Waals surface area contributed by atoms with Gasteiger partial charge in [-0.1, -0.05) is 0 Å². The van der Waals surface area contributed by atoms with Crippen molar-refractivity contribution in [1.29, 1.82) is 0 Å². The fourth-order valence-corrected chi connectivity index (χ4v) is 3.76. The molecule has 33 heavy (non-hydrogen) atoms. The number of benzene rings is 2. The van der Waals surface area contributed by atoms with Gasteiger partial charge in [0.2, 0.25) is 0 Å². The van der Waals surface area contributed by atoms with Gasteiger partial charge in [-0.2, -0.15) is 5.10 Å². The van der Waals surface area contributed by atoms with Crippen LogP contribution >= 0.6 is 0 Å². The Bertz CT molecular complexity index is 1260. The molecule has 0 radical (unpaired) electrons. The minimum absolute atomic E-state index is 0.245. The molecule has 0 aliphatic carbocycles. The Morgan fingerprint density at radius 1 is 1.00 bits per heavy atom. The predicted molar refractivity (Wildman–Crippen MR) is 123 cm³/mol. The van der Waals surface area contributed by atoms with E-state index in [0.717, 1.165) is 24.3 Å². The van der Waals surface area contributed by atoms with Crippen molar-refractivity contribution in [1.82, 2.24) is 15.5 Å². The number of carbonyl (C=O) groups is 2. The fourth-order valence-electron chi connectivity index (χ4n) is 3.76. The van der Waals surface area contributed by atoms with Crippen LogP contribution in [0.1, 0.15) is 26.5 Å². The second-order valence-electron chi connectivity index (χ2n) is 7.70. The maximum atomic E-state index is 12.8. The van der Waals surface area contributed by atoms with Crippen LogP contribution in [-0.4, -0.2) is 48.3 Å². The van der Waals surface area contributed by atoms with Crippen LogP contribution in [-0.2, 0) is 11.3 Å². The third kappa shape index (κ3) is 4.58. The van der Waals surface area contributed by atoms with Gasteiger partial charge in [0.1, 0.15) is 5.76 Å². The highest BCUT2D eigenvalue weighted by atomic mass is 16.5. The average Bonchev–Trinajstić information content (AvgIpc) is 3.53. The van der Waals surface area contributed by atoms with Gasteiger partial charge in [0, 0.05) is 35.3 Å². The molecule has 9 nitrogen and oxygen atoms in total. The Kier molecular flexibility index (Phi) is 5.77. The molecule has 0 unspecified atom stereocenters. The van der Waals surface area contributed by atoms with E-state index >= 15 is 0 Å². The molecule has 168 valence electrons. The van der Waals surface area contributed by atoms with Crippen molar-refractivity contribution < 1.29 is 18.7 Å². The number of ether oxygens (including phenoxy) is 1. The third-order valence-corrected chi connectivity index (χ3v) is 5.57. The molecule has 1 aliphatic rings. The number of amides is 2. The summed E-state index contributed by atoms with van der Waals surface area (Å²) in [6.07, 6.45) is 1.56. The molecule has 0 atom stereocenters. The Morgan fingerprint density at radius 3 is 2.55 bits per heavy atom. The van der Waals surface area contributed by atoms with E-state index in [1.165, 1.54) is 0 Å². The highest BCUT2D eigenvalue weighted by Gasteiger charge is 2.15. The second-order valence-corrected chi connectivity index (χ2v) is 7.70. The summed E-state index contributed by atoms with van der Waals surface area (Å²) in [5.74, 6) is 0.517. The minimum atomic E-state index is -0.274. The lowest BCUT2D eigenvalue weighted by molar-refractivity contribution is 0.0947. The van der Waals surface area contributed by atoms with Gasteiger partial charge in [0.05, 0.1) is 31.5 Å². The van der Waals surface area contributed by atoms with Crippen molar-refractivity contribution in [3.8, 4) is 0 Å². The zero-order valence-corrected chi connectivity index (χ0v) is 17.8. The molecule has 1 aliphatic heterocycles. The molecule has 0 spiro atoms. The summed E-state index contributed by atoms with van der Waals surface area (Å²) in [6, 6.07) is 16.2. The maximum absolute atomic E-state index is 12.8. The SMILES string of the molecule is O=C(NCc1ccco1)c1ccc2[nH]nc(NC(=O)c3ccc(N4CCOCC4)cc3)c2c1. The summed E-state index contributed by atoms with van der Waals surface area (Å²) in [5.41, 5.74) is 2.76. The molecule has 3 heterocycles. The normalized spacial score (nSPS) is 13.8. The quantitative estimate of drug-likeness (QED) is 0.420. The molecule has 2 amide bonds. The number of aromatic amines is 1. The lowest BCUT2D eigenvalue weighted by Crippen LogP contribution is -2.36. The molecule has 1 saturated heterocycles. The number of aromatic nitrogens is 2. The molecule has 9 heteroatoms. The van der Waals surface area contributed by atoms with Crippen molar-refractivity contribution >= 4 is 34.2 Å². The van der Waals surface area contributed by atoms with Gasteiger partial charge in [-0.25, -0.2) is 0 Å². The summed E-state index contributed by atoms with van der Waals surface area (Å²) >= 11 is 0. The largest absolute Gasteiger partial charge is 0.467 e. The fraction of sp³-hybridized carbons (Fsp3) is 0.208. The van der Waals surface area contributed by atoms with Crippen LogP contribution in [0.3, 0.4) is 0 Å². The van der Waals surface area contributed by atoms with Gasteiger partial charge < -0.3 is 24.7 Å². The molecule has 2 aromatic carbocycles. The standard InChI is InChI=1S/C24H23N5O4/c30-23(25-15-19-2-1-11-33-19)17-5-8-21-20(14-17)22(28-27-21)26-24(31)16-3-6-18(7-4-16)29-9-12-32-13-10-29/h1-8,11,14H,9-10,12-13,15H2,(H,25,30)(H2,26,27,28,31). The van der Waals surface area contributed by atoms with Crippen LogP contribution in [0.4, 0.5) is 11.5 Å². The summed E-state index contributed by atoms with van der Waals surface area (Å²) in [5, 5.41) is 13.4. The monoisotopic (exact) mass is 445 g/mol. The van der Waals surface area contributed by atoms with Crippen LogP contribution < -0.4 is 15.5 Å². The van der Waals surface area contributed by atoms with E-state index in [4.69, 9.17) is 9.15 Å². The van der Waals surface area contributed by atoms with Crippen LogP contribution in [0.5, 0.6) is 0 Å². The van der Waals surface area contributed by atoms with Crippen LogP contribution in [0.25, 0.3) is 10.9 Å². The van der Waals surface area contributed by atoms with Gasteiger partial charge in [-0.15, -0.1) is 0 Å². The van der Waals surface area contributed by atoms with E-state index in [1.54, 1.807) is 48.7 Å². The number of fused-ring (bicyclic) bond motifs is 1. The first-order chi connectivity index (χ1) is 16.2.